The van der Waals surface area contributed by atoms with Crippen molar-refractivity contribution in [2.24, 2.45) is 0 Å². The first kappa shape index (κ1) is 11.5. The number of nitrogen functional groups attached to an aromatic ring is 1. The molecule has 2 aromatic rings. The lowest BCUT2D eigenvalue weighted by Gasteiger charge is -2.24. The molecule has 0 atom stereocenters. The first-order valence-electron chi connectivity index (χ1n) is 6.06. The number of nitrogens with two attached hydrogens (primary N) is 1. The van der Waals surface area contributed by atoms with Gasteiger partial charge in [0.15, 0.2) is 0 Å². The van der Waals surface area contributed by atoms with Crippen LogP contribution in [0.1, 0.15) is 18.4 Å². The van der Waals surface area contributed by atoms with Gasteiger partial charge < -0.3 is 10.6 Å². The number of benzene rings is 1. The summed E-state index contributed by atoms with van der Waals surface area (Å²) >= 11 is 1.69. The maximum atomic E-state index is 13.4. The number of nitrogens with zero attached hydrogens (tertiary/aromatic N) is 1. The van der Waals surface area contributed by atoms with Crippen LogP contribution in [0.3, 0.4) is 0 Å². The molecule has 4 heteroatoms. The summed E-state index contributed by atoms with van der Waals surface area (Å²) in [4.78, 5) is 2.25. The van der Waals surface area contributed by atoms with Crippen molar-refractivity contribution in [1.82, 2.24) is 0 Å². The second kappa shape index (κ2) is 4.61. The number of rotatable bonds is 4. The van der Waals surface area contributed by atoms with Gasteiger partial charge in [-0.3, -0.25) is 0 Å². The van der Waals surface area contributed by atoms with E-state index in [9.17, 15) is 4.39 Å². The van der Waals surface area contributed by atoms with E-state index >= 15 is 0 Å². The molecule has 0 amide bonds. The molecule has 1 saturated carbocycles. The first-order valence-corrected chi connectivity index (χ1v) is 7.00. The minimum atomic E-state index is -0.263. The molecule has 1 aliphatic carbocycles. The molecule has 0 spiro atoms. The van der Waals surface area contributed by atoms with E-state index in [0.29, 0.717) is 11.7 Å². The number of hydrogen-bond acceptors (Lipinski definition) is 3. The van der Waals surface area contributed by atoms with Crippen molar-refractivity contribution in [3.05, 3.63) is 46.4 Å². The fourth-order valence-electron chi connectivity index (χ4n) is 2.16. The normalized spacial score (nSPS) is 14.7. The minimum absolute atomic E-state index is 0.263. The van der Waals surface area contributed by atoms with Gasteiger partial charge in [-0.2, -0.15) is 11.3 Å². The average molecular weight is 262 g/mol. The van der Waals surface area contributed by atoms with Gasteiger partial charge in [-0.1, -0.05) is 0 Å². The van der Waals surface area contributed by atoms with Crippen LogP contribution in [0.4, 0.5) is 15.8 Å². The van der Waals surface area contributed by atoms with Crippen molar-refractivity contribution in [3.63, 3.8) is 0 Å². The predicted octanol–water partition coefficient (Wildman–Crippen LogP) is 3.64. The Bertz CT molecular complexity index is 514. The van der Waals surface area contributed by atoms with Crippen LogP contribution in [0, 0.1) is 5.82 Å². The Balaban J connectivity index is 1.89. The second-order valence-corrected chi connectivity index (χ2v) is 5.51. The Morgan fingerprint density at radius 2 is 2.17 bits per heavy atom. The molecule has 0 radical (unpaired) electrons. The van der Waals surface area contributed by atoms with E-state index in [2.05, 4.69) is 21.7 Å². The van der Waals surface area contributed by atoms with Gasteiger partial charge in [0.05, 0.1) is 0 Å². The van der Waals surface area contributed by atoms with Crippen molar-refractivity contribution < 1.29 is 4.39 Å². The molecule has 3 rings (SSSR count). The number of anilines is 2. The summed E-state index contributed by atoms with van der Waals surface area (Å²) in [6, 6.07) is 7.43. The summed E-state index contributed by atoms with van der Waals surface area (Å²) in [5, 5.41) is 4.21. The highest BCUT2D eigenvalue weighted by molar-refractivity contribution is 7.07. The van der Waals surface area contributed by atoms with Crippen LogP contribution in [0.2, 0.25) is 0 Å². The summed E-state index contributed by atoms with van der Waals surface area (Å²) in [5.74, 6) is -0.263. The van der Waals surface area contributed by atoms with Gasteiger partial charge in [-0.25, -0.2) is 4.39 Å². The summed E-state index contributed by atoms with van der Waals surface area (Å²) in [6.45, 7) is 0.830. The molecule has 0 aliphatic heterocycles. The lowest BCUT2D eigenvalue weighted by molar-refractivity contribution is 0.626. The van der Waals surface area contributed by atoms with E-state index in [1.165, 1.54) is 24.5 Å². The molecule has 2 N–H and O–H groups in total. The highest BCUT2D eigenvalue weighted by Gasteiger charge is 2.29. The van der Waals surface area contributed by atoms with Crippen molar-refractivity contribution in [1.29, 1.82) is 0 Å². The smallest absolute Gasteiger partial charge is 0.127 e. The van der Waals surface area contributed by atoms with Crippen LogP contribution < -0.4 is 10.6 Å². The van der Waals surface area contributed by atoms with Gasteiger partial charge in [-0.05, 0) is 53.4 Å². The van der Waals surface area contributed by atoms with Crippen LogP contribution >= 0.6 is 11.3 Å². The zero-order valence-electron chi connectivity index (χ0n) is 9.97. The SMILES string of the molecule is Nc1cc(F)cc(N(Cc2ccsc2)C2CC2)c1. The Kier molecular flexibility index (Phi) is 2.96. The topological polar surface area (TPSA) is 29.3 Å². The second-order valence-electron chi connectivity index (χ2n) is 4.73. The lowest BCUT2D eigenvalue weighted by Crippen LogP contribution is -2.24. The summed E-state index contributed by atoms with van der Waals surface area (Å²) in [5.41, 5.74) is 8.38. The first-order chi connectivity index (χ1) is 8.72. The molecule has 0 saturated heterocycles. The van der Waals surface area contributed by atoms with Gasteiger partial charge in [-0.15, -0.1) is 0 Å². The van der Waals surface area contributed by atoms with Crippen molar-refractivity contribution in [3.8, 4) is 0 Å². The van der Waals surface area contributed by atoms with Gasteiger partial charge in [0, 0.05) is 24.0 Å². The third-order valence-corrected chi connectivity index (χ3v) is 3.89. The molecule has 1 aliphatic rings. The van der Waals surface area contributed by atoms with Crippen LogP contribution in [0.5, 0.6) is 0 Å². The zero-order chi connectivity index (χ0) is 12.5. The third-order valence-electron chi connectivity index (χ3n) is 3.16. The molecule has 1 aromatic carbocycles. The lowest BCUT2D eigenvalue weighted by atomic mass is 10.2. The highest BCUT2D eigenvalue weighted by atomic mass is 32.1. The maximum Gasteiger partial charge on any atom is 0.127 e. The molecule has 2 nitrogen and oxygen atoms in total. The van der Waals surface area contributed by atoms with Gasteiger partial charge in [0.2, 0.25) is 0 Å². The van der Waals surface area contributed by atoms with E-state index in [1.54, 1.807) is 17.4 Å². The van der Waals surface area contributed by atoms with Crippen LogP contribution in [-0.4, -0.2) is 6.04 Å². The third kappa shape index (κ3) is 2.48. The standard InChI is InChI=1S/C14H15FN2S/c15-11-5-12(16)7-14(6-11)17(13-1-2-13)8-10-3-4-18-9-10/h3-7,9,13H,1-2,8,16H2. The quantitative estimate of drug-likeness (QED) is 0.852. The summed E-state index contributed by atoms with van der Waals surface area (Å²) in [6.07, 6.45) is 2.36. The molecule has 1 aromatic heterocycles. The molecule has 0 bridgehead atoms. The minimum Gasteiger partial charge on any atom is -0.399 e. The largest absolute Gasteiger partial charge is 0.399 e. The van der Waals surface area contributed by atoms with Crippen molar-refractivity contribution in [2.75, 3.05) is 10.6 Å². The van der Waals surface area contributed by atoms with Crippen LogP contribution in [0.25, 0.3) is 0 Å². The number of hydrogen-bond donors (Lipinski definition) is 1. The van der Waals surface area contributed by atoms with E-state index < -0.39 is 0 Å². The van der Waals surface area contributed by atoms with Crippen molar-refractivity contribution >= 4 is 22.7 Å². The fourth-order valence-corrected chi connectivity index (χ4v) is 2.82. The summed E-state index contributed by atoms with van der Waals surface area (Å²) < 4.78 is 13.4. The molecule has 1 fully saturated rings. The van der Waals surface area contributed by atoms with E-state index in [1.807, 2.05) is 6.07 Å². The van der Waals surface area contributed by atoms with Crippen molar-refractivity contribution in [2.45, 2.75) is 25.4 Å². The van der Waals surface area contributed by atoms with Crippen LogP contribution in [-0.2, 0) is 6.54 Å². The summed E-state index contributed by atoms with van der Waals surface area (Å²) in [7, 11) is 0. The molecule has 0 unspecified atom stereocenters. The molecule has 94 valence electrons. The van der Waals surface area contributed by atoms with E-state index in [-0.39, 0.29) is 5.82 Å². The molecular formula is C14H15FN2S. The van der Waals surface area contributed by atoms with Crippen LogP contribution in [0.15, 0.2) is 35.0 Å². The molecular weight excluding hydrogens is 247 g/mol. The molecule has 18 heavy (non-hydrogen) atoms. The highest BCUT2D eigenvalue weighted by Crippen LogP contribution is 2.34. The average Bonchev–Trinajstić information content (AvgIpc) is 3.02. The number of thiophene rings is 1. The molecule has 1 heterocycles. The van der Waals surface area contributed by atoms with Gasteiger partial charge >= 0.3 is 0 Å². The van der Waals surface area contributed by atoms with Gasteiger partial charge in [0.25, 0.3) is 0 Å². The van der Waals surface area contributed by atoms with E-state index in [0.717, 1.165) is 12.2 Å². The monoisotopic (exact) mass is 262 g/mol. The van der Waals surface area contributed by atoms with E-state index in [4.69, 9.17) is 5.73 Å². The Morgan fingerprint density at radius 1 is 1.33 bits per heavy atom. The fraction of sp³-hybridized carbons (Fsp3) is 0.286. The van der Waals surface area contributed by atoms with Gasteiger partial charge in [0.1, 0.15) is 5.82 Å². The Morgan fingerprint density at radius 3 is 2.78 bits per heavy atom. The Hall–Kier alpha value is -1.55. The predicted molar refractivity (Wildman–Crippen MR) is 74.3 cm³/mol. The zero-order valence-corrected chi connectivity index (χ0v) is 10.8. The Labute approximate surface area is 110 Å². The number of halogens is 1. The maximum absolute atomic E-state index is 13.4.